The van der Waals surface area contributed by atoms with Crippen LogP contribution in [0.3, 0.4) is 0 Å². The number of alkyl carbamates (subject to hydrolysis) is 1. The first-order valence-electron chi connectivity index (χ1n) is 8.91. The zero-order chi connectivity index (χ0) is 17.7. The Morgan fingerprint density at radius 2 is 2.00 bits per heavy atom. The lowest BCUT2D eigenvalue weighted by atomic mass is 10.1. The van der Waals surface area contributed by atoms with Crippen molar-refractivity contribution < 1.29 is 19.1 Å². The van der Waals surface area contributed by atoms with Crippen LogP contribution in [0.15, 0.2) is 0 Å². The maximum absolute atomic E-state index is 12.4. The lowest BCUT2D eigenvalue weighted by Gasteiger charge is -2.34. The summed E-state index contributed by atoms with van der Waals surface area (Å²) in [6.45, 7) is 9.46. The number of carbonyl (C=O) groups is 2. The maximum atomic E-state index is 12.4. The van der Waals surface area contributed by atoms with Gasteiger partial charge in [-0.3, -0.25) is 0 Å². The number of urea groups is 1. The summed E-state index contributed by atoms with van der Waals surface area (Å²) in [4.78, 5) is 26.1. The van der Waals surface area contributed by atoms with Crippen LogP contribution in [0.5, 0.6) is 0 Å². The first-order chi connectivity index (χ1) is 11.2. The van der Waals surface area contributed by atoms with Gasteiger partial charge in [-0.2, -0.15) is 0 Å². The smallest absolute Gasteiger partial charge is 0.407 e. The van der Waals surface area contributed by atoms with E-state index in [4.69, 9.17) is 9.47 Å². The number of nitrogens with one attached hydrogen (secondary N) is 2. The van der Waals surface area contributed by atoms with Crippen LogP contribution in [0.4, 0.5) is 9.59 Å². The predicted molar refractivity (Wildman–Crippen MR) is 90.9 cm³/mol. The molecule has 2 N–H and O–H groups in total. The molecule has 0 bridgehead atoms. The zero-order valence-corrected chi connectivity index (χ0v) is 15.3. The molecule has 3 amide bonds. The normalized spacial score (nSPS) is 25.9. The molecule has 0 aromatic rings. The largest absolute Gasteiger partial charge is 0.444 e. The quantitative estimate of drug-likeness (QED) is 0.825. The molecule has 0 aromatic heterocycles. The average molecular weight is 341 g/mol. The molecule has 0 spiro atoms. The van der Waals surface area contributed by atoms with Crippen LogP contribution in [0.2, 0.25) is 0 Å². The third-order valence-corrected chi connectivity index (χ3v) is 4.30. The van der Waals surface area contributed by atoms with E-state index in [1.165, 1.54) is 0 Å². The van der Waals surface area contributed by atoms with Crippen molar-refractivity contribution in [3.8, 4) is 0 Å². The van der Waals surface area contributed by atoms with Crippen molar-refractivity contribution in [3.63, 3.8) is 0 Å². The van der Waals surface area contributed by atoms with Gasteiger partial charge in [0, 0.05) is 25.7 Å². The van der Waals surface area contributed by atoms with Crippen molar-refractivity contribution in [2.45, 2.75) is 77.2 Å². The Morgan fingerprint density at radius 3 is 2.62 bits per heavy atom. The van der Waals surface area contributed by atoms with Gasteiger partial charge in [0.1, 0.15) is 5.60 Å². The van der Waals surface area contributed by atoms with Crippen LogP contribution in [0.25, 0.3) is 0 Å². The zero-order valence-electron chi connectivity index (χ0n) is 15.3. The van der Waals surface area contributed by atoms with Gasteiger partial charge < -0.3 is 25.0 Å². The number of amides is 3. The first kappa shape index (κ1) is 18.8. The first-order valence-corrected chi connectivity index (χ1v) is 8.91. The fourth-order valence-electron chi connectivity index (χ4n) is 3.13. The van der Waals surface area contributed by atoms with Crippen LogP contribution in [-0.2, 0) is 9.47 Å². The molecule has 3 unspecified atom stereocenters. The second-order valence-electron chi connectivity index (χ2n) is 7.72. The van der Waals surface area contributed by atoms with Gasteiger partial charge in [0.25, 0.3) is 0 Å². The standard InChI is InChI=1S/C17H31N3O4/c1-12(14-8-6-10-23-14)18-15(21)20-9-5-7-13(11-20)19-16(22)24-17(2,3)4/h12-14H,5-11H2,1-4H3,(H,18,21)(H,19,22). The minimum atomic E-state index is -0.521. The summed E-state index contributed by atoms with van der Waals surface area (Å²) in [5, 5.41) is 5.88. The van der Waals surface area contributed by atoms with Crippen molar-refractivity contribution in [2.75, 3.05) is 19.7 Å². The number of ether oxygens (including phenoxy) is 2. The van der Waals surface area contributed by atoms with Gasteiger partial charge >= 0.3 is 12.1 Å². The molecular weight excluding hydrogens is 310 g/mol. The molecular formula is C17H31N3O4. The molecule has 0 radical (unpaired) electrons. The van der Waals surface area contributed by atoms with Gasteiger partial charge in [-0.1, -0.05) is 0 Å². The van der Waals surface area contributed by atoms with Crippen molar-refractivity contribution in [1.82, 2.24) is 15.5 Å². The SMILES string of the molecule is CC(NC(=O)N1CCCC(NC(=O)OC(C)(C)C)C1)C1CCCO1. The number of likely N-dealkylation sites (tertiary alicyclic amines) is 1. The molecule has 7 heteroatoms. The number of hydrogen-bond donors (Lipinski definition) is 2. The number of piperidine rings is 1. The van der Waals surface area contributed by atoms with Gasteiger partial charge in [0.15, 0.2) is 0 Å². The molecule has 0 saturated carbocycles. The van der Waals surface area contributed by atoms with E-state index in [1.807, 2.05) is 27.7 Å². The summed E-state index contributed by atoms with van der Waals surface area (Å²) in [5.41, 5.74) is -0.521. The van der Waals surface area contributed by atoms with E-state index in [-0.39, 0.29) is 24.2 Å². The highest BCUT2D eigenvalue weighted by molar-refractivity contribution is 5.75. The van der Waals surface area contributed by atoms with Crippen molar-refractivity contribution in [3.05, 3.63) is 0 Å². The van der Waals surface area contributed by atoms with Crippen LogP contribution >= 0.6 is 0 Å². The molecule has 24 heavy (non-hydrogen) atoms. The van der Waals surface area contributed by atoms with Crippen LogP contribution in [0.1, 0.15) is 53.4 Å². The maximum Gasteiger partial charge on any atom is 0.407 e. The van der Waals surface area contributed by atoms with Crippen molar-refractivity contribution in [2.24, 2.45) is 0 Å². The Morgan fingerprint density at radius 1 is 1.25 bits per heavy atom. The Labute approximate surface area is 144 Å². The minimum Gasteiger partial charge on any atom is -0.444 e. The van der Waals surface area contributed by atoms with Gasteiger partial charge in [-0.25, -0.2) is 9.59 Å². The summed E-state index contributed by atoms with van der Waals surface area (Å²) in [6, 6.07) is -0.162. The topological polar surface area (TPSA) is 79.9 Å². The molecule has 138 valence electrons. The molecule has 2 fully saturated rings. The monoisotopic (exact) mass is 341 g/mol. The molecule has 2 rings (SSSR count). The number of nitrogens with zero attached hydrogens (tertiary/aromatic N) is 1. The molecule has 0 aliphatic carbocycles. The Bertz CT molecular complexity index is 444. The lowest BCUT2D eigenvalue weighted by molar-refractivity contribution is 0.0476. The molecule has 2 heterocycles. The highest BCUT2D eigenvalue weighted by atomic mass is 16.6. The summed E-state index contributed by atoms with van der Waals surface area (Å²) >= 11 is 0. The van der Waals surface area contributed by atoms with E-state index in [2.05, 4.69) is 10.6 Å². The minimum absolute atomic E-state index is 0.000749. The van der Waals surface area contributed by atoms with Gasteiger partial charge in [-0.05, 0) is 53.4 Å². The van der Waals surface area contributed by atoms with Crippen LogP contribution < -0.4 is 10.6 Å². The van der Waals surface area contributed by atoms with Gasteiger partial charge in [-0.15, -0.1) is 0 Å². The summed E-state index contributed by atoms with van der Waals surface area (Å²) in [7, 11) is 0. The van der Waals surface area contributed by atoms with E-state index < -0.39 is 11.7 Å². The van der Waals surface area contributed by atoms with E-state index in [0.29, 0.717) is 13.1 Å². The Hall–Kier alpha value is -1.50. The highest BCUT2D eigenvalue weighted by Crippen LogP contribution is 2.17. The molecule has 0 aromatic carbocycles. The lowest BCUT2D eigenvalue weighted by Crippen LogP contribution is -2.55. The summed E-state index contributed by atoms with van der Waals surface area (Å²) in [6.07, 6.45) is 3.43. The fourth-order valence-corrected chi connectivity index (χ4v) is 3.13. The summed E-state index contributed by atoms with van der Waals surface area (Å²) in [5.74, 6) is 0. The van der Waals surface area contributed by atoms with Crippen LogP contribution in [0, 0.1) is 0 Å². The fraction of sp³-hybridized carbons (Fsp3) is 0.882. The molecule has 2 aliphatic rings. The van der Waals surface area contributed by atoms with E-state index in [0.717, 1.165) is 32.3 Å². The van der Waals surface area contributed by atoms with Gasteiger partial charge in [0.2, 0.25) is 0 Å². The second kappa shape index (κ2) is 8.05. The Kier molecular flexibility index (Phi) is 6.32. The van der Waals surface area contributed by atoms with Gasteiger partial charge in [0.05, 0.1) is 12.1 Å². The van der Waals surface area contributed by atoms with E-state index in [9.17, 15) is 9.59 Å². The molecule has 7 nitrogen and oxygen atoms in total. The highest BCUT2D eigenvalue weighted by Gasteiger charge is 2.29. The average Bonchev–Trinajstić information content (AvgIpc) is 2.99. The Balaban J connectivity index is 1.79. The third kappa shape index (κ3) is 5.85. The molecule has 3 atom stereocenters. The number of rotatable bonds is 3. The second-order valence-corrected chi connectivity index (χ2v) is 7.72. The molecule has 2 aliphatic heterocycles. The van der Waals surface area contributed by atoms with E-state index in [1.54, 1.807) is 4.90 Å². The number of hydrogen-bond acceptors (Lipinski definition) is 4. The predicted octanol–water partition coefficient (Wildman–Crippen LogP) is 2.25. The number of carbonyl (C=O) groups excluding carboxylic acids is 2. The summed E-state index contributed by atoms with van der Waals surface area (Å²) < 4.78 is 10.9. The van der Waals surface area contributed by atoms with E-state index >= 15 is 0 Å². The van der Waals surface area contributed by atoms with Crippen molar-refractivity contribution >= 4 is 12.1 Å². The molecule has 2 saturated heterocycles. The van der Waals surface area contributed by atoms with Crippen molar-refractivity contribution in [1.29, 1.82) is 0 Å². The third-order valence-electron chi connectivity index (χ3n) is 4.30. The van der Waals surface area contributed by atoms with Crippen LogP contribution in [-0.4, -0.2) is 60.5 Å².